The maximum Gasteiger partial charge on any atom is -0.0533 e. The van der Waals surface area contributed by atoms with E-state index in [4.69, 9.17) is 0 Å². The van der Waals surface area contributed by atoms with Crippen LogP contribution in [0.2, 0.25) is 0 Å². The van der Waals surface area contributed by atoms with Gasteiger partial charge in [0.2, 0.25) is 0 Å². The van der Waals surface area contributed by atoms with E-state index in [1.807, 2.05) is 0 Å². The Hall–Kier alpha value is 0.720. The summed E-state index contributed by atoms with van der Waals surface area (Å²) < 4.78 is 0. The molecule has 1 aliphatic rings. The van der Waals surface area contributed by atoms with Gasteiger partial charge in [-0.2, -0.15) is 9.90 Å². The molecule has 1 aliphatic carbocycles. The number of rotatable bonds is 0. The second-order valence-corrected chi connectivity index (χ2v) is 1.41. The summed E-state index contributed by atoms with van der Waals surface area (Å²) in [5, 5.41) is 0. The molecule has 0 aliphatic heterocycles. The van der Waals surface area contributed by atoms with Crippen molar-refractivity contribution < 1.29 is 0 Å². The van der Waals surface area contributed by atoms with Crippen molar-refractivity contribution in [2.24, 2.45) is 0 Å². The van der Waals surface area contributed by atoms with Gasteiger partial charge in [-0.1, -0.05) is 25.7 Å². The van der Waals surface area contributed by atoms with Gasteiger partial charge in [-0.25, -0.2) is 0 Å². The zero-order valence-electron chi connectivity index (χ0n) is 3.94. The van der Waals surface area contributed by atoms with Gasteiger partial charge in [-0.15, -0.1) is 12.4 Å². The zero-order valence-corrected chi connectivity index (χ0v) is 6.17. The van der Waals surface area contributed by atoms with Crippen LogP contribution in [0.1, 0.15) is 25.7 Å². The molecule has 1 unspecified atom stereocenters. The lowest BCUT2D eigenvalue weighted by molar-refractivity contribution is 0.504. The number of hydrogen-bond acceptors (Lipinski definition) is 0. The lowest BCUT2D eigenvalue weighted by Gasteiger charge is -2.05. The summed E-state index contributed by atoms with van der Waals surface area (Å²) in [6, 6.07) is 0. The molecule has 0 heterocycles. The molecule has 0 aromatic carbocycles. The largest absolute Gasteiger partial charge is 0.153 e. The molecule has 0 nitrogen and oxygen atoms in total. The van der Waals surface area contributed by atoms with E-state index >= 15 is 0 Å². The predicted molar refractivity (Wildman–Crippen MR) is 36.8 cm³/mol. The second kappa shape index (κ2) is 5.72. The van der Waals surface area contributed by atoms with Crippen molar-refractivity contribution in [3.63, 3.8) is 0 Å². The monoisotopic (exact) mass is 126 g/mol. The minimum atomic E-state index is 0. The Morgan fingerprint density at radius 3 is 0.833 bits per heavy atom. The van der Waals surface area contributed by atoms with Crippen LogP contribution in [0.15, 0.2) is 0 Å². The van der Waals surface area contributed by atoms with E-state index < -0.39 is 0 Å². The zero-order chi connectivity index (χ0) is 2.83. The van der Waals surface area contributed by atoms with Crippen molar-refractivity contribution in [1.82, 2.24) is 0 Å². The van der Waals surface area contributed by atoms with Crippen LogP contribution in [-0.2, 0) is 0 Å². The highest BCUT2D eigenvalue weighted by atomic mass is 35.5. The van der Waals surface area contributed by atoms with Crippen LogP contribution >= 0.6 is 22.3 Å². The molecule has 0 radical (unpaired) electrons. The molecule has 2 heteroatoms. The second-order valence-electron chi connectivity index (χ2n) is 1.41. The molecular formula is C4H12ClP. The first-order chi connectivity index (χ1) is 2.00. The maximum absolute atomic E-state index is 1.50. The van der Waals surface area contributed by atoms with E-state index in [1.54, 1.807) is 0 Å². The molecule has 6 heavy (non-hydrogen) atoms. The van der Waals surface area contributed by atoms with Gasteiger partial charge in [0.25, 0.3) is 0 Å². The fourth-order valence-corrected chi connectivity index (χ4v) is 0.250. The summed E-state index contributed by atoms with van der Waals surface area (Å²) >= 11 is 0. The van der Waals surface area contributed by atoms with E-state index in [2.05, 4.69) is 0 Å². The van der Waals surface area contributed by atoms with Crippen molar-refractivity contribution in [3.8, 4) is 0 Å². The molecule has 0 aromatic heterocycles. The molecule has 0 saturated heterocycles. The first-order valence-corrected chi connectivity index (χ1v) is 2.00. The highest BCUT2D eigenvalue weighted by molar-refractivity contribution is 6.92. The Morgan fingerprint density at radius 1 is 0.667 bits per heavy atom. The predicted octanol–water partition coefficient (Wildman–Crippen LogP) is 2.04. The molecule has 1 fully saturated rings. The average molecular weight is 127 g/mol. The topological polar surface area (TPSA) is 0 Å². The lowest BCUT2D eigenvalue weighted by atomic mass is 10.0. The molecule has 40 valence electrons. The standard InChI is InChI=1S/C4H8.ClH.H3P/c1-2-4-3-1;;/h1-4H2;1H;1H3. The van der Waals surface area contributed by atoms with Gasteiger partial charge in [0.15, 0.2) is 0 Å². The first-order valence-electron chi connectivity index (χ1n) is 2.00. The van der Waals surface area contributed by atoms with E-state index in [0.717, 1.165) is 0 Å². The summed E-state index contributed by atoms with van der Waals surface area (Å²) in [6.07, 6.45) is 6.00. The highest BCUT2D eigenvalue weighted by Crippen LogP contribution is 2.15. The lowest BCUT2D eigenvalue weighted by Crippen LogP contribution is -1.85. The minimum absolute atomic E-state index is 0. The quantitative estimate of drug-likeness (QED) is 0.436. The van der Waals surface area contributed by atoms with Crippen LogP contribution in [0, 0.1) is 0 Å². The van der Waals surface area contributed by atoms with Crippen LogP contribution in [0.3, 0.4) is 0 Å². The third-order valence-electron chi connectivity index (χ3n) is 1.000. The smallest absolute Gasteiger partial charge is 0.0533 e. The van der Waals surface area contributed by atoms with Crippen LogP contribution < -0.4 is 0 Å². The summed E-state index contributed by atoms with van der Waals surface area (Å²) in [5.41, 5.74) is 0. The van der Waals surface area contributed by atoms with Crippen LogP contribution in [0.5, 0.6) is 0 Å². The van der Waals surface area contributed by atoms with Crippen LogP contribution in [-0.4, -0.2) is 0 Å². The number of hydrogen-bond donors (Lipinski definition) is 0. The van der Waals surface area contributed by atoms with E-state index in [9.17, 15) is 0 Å². The minimum Gasteiger partial charge on any atom is -0.153 e. The Balaban J connectivity index is 0. The van der Waals surface area contributed by atoms with E-state index in [-0.39, 0.29) is 22.3 Å². The van der Waals surface area contributed by atoms with Gasteiger partial charge in [-0.05, 0) is 0 Å². The molecule has 0 bridgehead atoms. The van der Waals surface area contributed by atoms with Gasteiger partial charge >= 0.3 is 0 Å². The van der Waals surface area contributed by atoms with Gasteiger partial charge in [0.05, 0.1) is 0 Å². The Bertz CT molecular complexity index is 15.5. The average Bonchev–Trinajstić information content (AvgIpc) is 0.722. The van der Waals surface area contributed by atoms with E-state index in [0.29, 0.717) is 0 Å². The molecule has 0 spiro atoms. The molecule has 0 amide bonds. The SMILES string of the molecule is C1CCC1.Cl.P. The van der Waals surface area contributed by atoms with Crippen molar-refractivity contribution >= 4 is 22.3 Å². The fourth-order valence-electron chi connectivity index (χ4n) is 0.250. The number of halogens is 1. The summed E-state index contributed by atoms with van der Waals surface area (Å²) in [5.74, 6) is 0. The third kappa shape index (κ3) is 2.93. The normalized spacial score (nSPS) is 16.0. The van der Waals surface area contributed by atoms with Gasteiger partial charge in [0.1, 0.15) is 0 Å². The van der Waals surface area contributed by atoms with Crippen molar-refractivity contribution in [3.05, 3.63) is 0 Å². The van der Waals surface area contributed by atoms with Crippen molar-refractivity contribution in [2.75, 3.05) is 0 Å². The maximum atomic E-state index is 1.50. The Morgan fingerprint density at radius 2 is 0.833 bits per heavy atom. The fraction of sp³-hybridized carbons (Fsp3) is 1.00. The summed E-state index contributed by atoms with van der Waals surface area (Å²) in [4.78, 5) is 0. The Labute approximate surface area is 48.7 Å². The summed E-state index contributed by atoms with van der Waals surface area (Å²) in [6.45, 7) is 0. The van der Waals surface area contributed by atoms with E-state index in [1.165, 1.54) is 25.7 Å². The van der Waals surface area contributed by atoms with Crippen LogP contribution in [0.4, 0.5) is 0 Å². The van der Waals surface area contributed by atoms with Gasteiger partial charge in [0, 0.05) is 0 Å². The van der Waals surface area contributed by atoms with Crippen molar-refractivity contribution in [2.45, 2.75) is 25.7 Å². The van der Waals surface area contributed by atoms with Gasteiger partial charge < -0.3 is 0 Å². The Kier molecular flexibility index (Phi) is 9.41. The van der Waals surface area contributed by atoms with Crippen LogP contribution in [0.25, 0.3) is 0 Å². The molecular weight excluding hydrogens is 114 g/mol. The molecule has 0 N–H and O–H groups in total. The first kappa shape index (κ1) is 9.87. The van der Waals surface area contributed by atoms with Gasteiger partial charge in [-0.3, -0.25) is 0 Å². The summed E-state index contributed by atoms with van der Waals surface area (Å²) in [7, 11) is 0. The molecule has 1 saturated carbocycles. The third-order valence-corrected chi connectivity index (χ3v) is 1.000. The highest BCUT2D eigenvalue weighted by Gasteiger charge is 1.95. The van der Waals surface area contributed by atoms with Crippen molar-refractivity contribution in [1.29, 1.82) is 0 Å². The molecule has 1 rings (SSSR count). The molecule has 1 atom stereocenters. The molecule has 0 aromatic rings.